The zero-order valence-electron chi connectivity index (χ0n) is 14.0. The van der Waals surface area contributed by atoms with Crippen LogP contribution in [0.1, 0.15) is 52.4 Å². The Hall–Kier alpha value is -0.420. The maximum absolute atomic E-state index is 5.52. The molecule has 1 saturated heterocycles. The van der Waals surface area contributed by atoms with Gasteiger partial charge in [-0.15, -0.1) is 0 Å². The number of aliphatic imine (C=N–C) groups is 1. The molecule has 0 bridgehead atoms. The van der Waals surface area contributed by atoms with E-state index in [1.807, 2.05) is 7.05 Å². The lowest BCUT2D eigenvalue weighted by Crippen LogP contribution is -2.48. The van der Waals surface area contributed by atoms with E-state index in [1.54, 1.807) is 0 Å². The van der Waals surface area contributed by atoms with Crippen LogP contribution in [-0.4, -0.2) is 49.8 Å². The van der Waals surface area contributed by atoms with Gasteiger partial charge in [0, 0.05) is 38.1 Å². The molecule has 0 saturated carbocycles. The summed E-state index contributed by atoms with van der Waals surface area (Å²) in [6.07, 6.45) is 7.39. The van der Waals surface area contributed by atoms with Crippen molar-refractivity contribution >= 4 is 17.7 Å². The lowest BCUT2D eigenvalue weighted by molar-refractivity contribution is 0.0782. The van der Waals surface area contributed by atoms with Gasteiger partial charge in [0.25, 0.3) is 0 Å². The molecular formula is C16H33N3OS. The van der Waals surface area contributed by atoms with Crippen LogP contribution in [0.25, 0.3) is 0 Å². The summed E-state index contributed by atoms with van der Waals surface area (Å²) in [6.45, 7) is 8.24. The van der Waals surface area contributed by atoms with Gasteiger partial charge in [0.15, 0.2) is 5.96 Å². The highest BCUT2D eigenvalue weighted by molar-refractivity contribution is 8.00. The molecule has 0 aromatic carbocycles. The SMILES string of the molecule is CCCCCCNC(=NC)NCC1(SCC)CCOCC1. The number of ether oxygens (including phenoxy) is 1. The average molecular weight is 316 g/mol. The van der Waals surface area contributed by atoms with Gasteiger partial charge in [-0.3, -0.25) is 4.99 Å². The van der Waals surface area contributed by atoms with E-state index in [1.165, 1.54) is 25.7 Å². The molecule has 21 heavy (non-hydrogen) atoms. The van der Waals surface area contributed by atoms with Gasteiger partial charge < -0.3 is 15.4 Å². The van der Waals surface area contributed by atoms with Crippen molar-refractivity contribution in [2.24, 2.45) is 4.99 Å². The van der Waals surface area contributed by atoms with Crippen LogP contribution in [0.5, 0.6) is 0 Å². The smallest absolute Gasteiger partial charge is 0.191 e. The van der Waals surface area contributed by atoms with Crippen LogP contribution in [0.4, 0.5) is 0 Å². The second-order valence-corrected chi connectivity index (χ2v) is 7.37. The predicted octanol–water partition coefficient (Wildman–Crippen LogP) is 3.03. The Balaban J connectivity index is 2.31. The molecule has 2 N–H and O–H groups in total. The fourth-order valence-corrected chi connectivity index (χ4v) is 3.89. The molecule has 5 heteroatoms. The molecule has 1 aliphatic heterocycles. The highest BCUT2D eigenvalue weighted by atomic mass is 32.2. The van der Waals surface area contributed by atoms with Gasteiger partial charge in [0.05, 0.1) is 0 Å². The monoisotopic (exact) mass is 315 g/mol. The van der Waals surface area contributed by atoms with Crippen LogP contribution < -0.4 is 10.6 Å². The number of hydrogen-bond acceptors (Lipinski definition) is 3. The molecule has 1 aliphatic rings. The van der Waals surface area contributed by atoms with Crippen LogP contribution in [0.15, 0.2) is 4.99 Å². The van der Waals surface area contributed by atoms with Crippen molar-refractivity contribution in [1.29, 1.82) is 0 Å². The molecule has 4 nitrogen and oxygen atoms in total. The second kappa shape index (κ2) is 11.2. The van der Waals surface area contributed by atoms with E-state index in [2.05, 4.69) is 41.2 Å². The molecule has 124 valence electrons. The summed E-state index contributed by atoms with van der Waals surface area (Å²) < 4.78 is 5.83. The van der Waals surface area contributed by atoms with Crippen molar-refractivity contribution in [3.63, 3.8) is 0 Å². The summed E-state index contributed by atoms with van der Waals surface area (Å²) >= 11 is 2.06. The van der Waals surface area contributed by atoms with Gasteiger partial charge in [-0.05, 0) is 25.0 Å². The van der Waals surface area contributed by atoms with Crippen molar-refractivity contribution in [3.8, 4) is 0 Å². The Morgan fingerprint density at radius 3 is 2.52 bits per heavy atom. The molecule has 0 aliphatic carbocycles. The highest BCUT2D eigenvalue weighted by Crippen LogP contribution is 2.34. The lowest BCUT2D eigenvalue weighted by Gasteiger charge is -2.37. The van der Waals surface area contributed by atoms with Crippen LogP contribution in [-0.2, 0) is 4.74 Å². The number of guanidine groups is 1. The van der Waals surface area contributed by atoms with Gasteiger partial charge >= 0.3 is 0 Å². The molecule has 1 heterocycles. The first-order valence-corrected chi connectivity index (χ1v) is 9.41. The maximum atomic E-state index is 5.52. The zero-order valence-corrected chi connectivity index (χ0v) is 14.9. The topological polar surface area (TPSA) is 45.7 Å². The van der Waals surface area contributed by atoms with E-state index in [0.717, 1.165) is 50.9 Å². The van der Waals surface area contributed by atoms with E-state index >= 15 is 0 Å². The third kappa shape index (κ3) is 7.41. The van der Waals surface area contributed by atoms with Crippen LogP contribution in [0, 0.1) is 0 Å². The summed E-state index contributed by atoms with van der Waals surface area (Å²) in [5.74, 6) is 2.10. The average Bonchev–Trinajstić information content (AvgIpc) is 2.51. The van der Waals surface area contributed by atoms with Gasteiger partial charge in [-0.2, -0.15) is 11.8 Å². The molecule has 0 atom stereocenters. The number of nitrogens with one attached hydrogen (secondary N) is 2. The van der Waals surface area contributed by atoms with E-state index in [4.69, 9.17) is 4.74 Å². The Labute approximate surface area is 134 Å². The van der Waals surface area contributed by atoms with E-state index < -0.39 is 0 Å². The van der Waals surface area contributed by atoms with Gasteiger partial charge in [-0.1, -0.05) is 33.1 Å². The number of thioether (sulfide) groups is 1. The summed E-state index contributed by atoms with van der Waals surface area (Å²) in [5.41, 5.74) is 0. The minimum absolute atomic E-state index is 0.312. The summed E-state index contributed by atoms with van der Waals surface area (Å²) in [5, 5.41) is 6.94. The number of hydrogen-bond donors (Lipinski definition) is 2. The van der Waals surface area contributed by atoms with Crippen molar-refractivity contribution in [2.75, 3.05) is 39.1 Å². The van der Waals surface area contributed by atoms with Crippen LogP contribution >= 0.6 is 11.8 Å². The molecule has 0 amide bonds. The van der Waals surface area contributed by atoms with Crippen molar-refractivity contribution in [1.82, 2.24) is 10.6 Å². The molecule has 1 rings (SSSR count). The fourth-order valence-electron chi connectivity index (χ4n) is 2.65. The largest absolute Gasteiger partial charge is 0.381 e. The normalized spacial score (nSPS) is 18.5. The van der Waals surface area contributed by atoms with Crippen LogP contribution in [0.2, 0.25) is 0 Å². The quantitative estimate of drug-likeness (QED) is 0.390. The fraction of sp³-hybridized carbons (Fsp3) is 0.938. The summed E-state index contributed by atoms with van der Waals surface area (Å²) in [6, 6.07) is 0. The molecule has 0 aromatic heterocycles. The molecule has 0 aromatic rings. The predicted molar refractivity (Wildman–Crippen MR) is 94.4 cm³/mol. The van der Waals surface area contributed by atoms with E-state index in [-0.39, 0.29) is 0 Å². The summed E-state index contributed by atoms with van der Waals surface area (Å²) in [4.78, 5) is 4.34. The van der Waals surface area contributed by atoms with E-state index in [9.17, 15) is 0 Å². The Morgan fingerprint density at radius 2 is 1.90 bits per heavy atom. The Bertz CT molecular complexity index is 286. The van der Waals surface area contributed by atoms with Crippen molar-refractivity contribution in [3.05, 3.63) is 0 Å². The van der Waals surface area contributed by atoms with Crippen LogP contribution in [0.3, 0.4) is 0 Å². The lowest BCUT2D eigenvalue weighted by atomic mass is 9.99. The number of rotatable bonds is 9. The Kier molecular flexibility index (Phi) is 9.92. The zero-order chi connectivity index (χ0) is 15.4. The standard InChI is InChI=1S/C16H33N3OS/c1-4-6-7-8-11-18-15(17-3)19-14-16(21-5-2)9-12-20-13-10-16/h4-14H2,1-3H3,(H2,17,18,19). The highest BCUT2D eigenvalue weighted by Gasteiger charge is 2.32. The third-order valence-electron chi connectivity index (χ3n) is 3.98. The molecule has 0 spiro atoms. The van der Waals surface area contributed by atoms with Gasteiger partial charge in [-0.25, -0.2) is 0 Å². The minimum atomic E-state index is 0.312. The summed E-state index contributed by atoms with van der Waals surface area (Å²) in [7, 11) is 1.85. The second-order valence-electron chi connectivity index (χ2n) is 5.64. The minimum Gasteiger partial charge on any atom is -0.381 e. The van der Waals surface area contributed by atoms with Crippen molar-refractivity contribution < 1.29 is 4.74 Å². The number of unbranched alkanes of at least 4 members (excludes halogenated alkanes) is 3. The first kappa shape index (κ1) is 18.6. The van der Waals surface area contributed by atoms with Crippen molar-refractivity contribution in [2.45, 2.75) is 57.1 Å². The molecular weight excluding hydrogens is 282 g/mol. The maximum Gasteiger partial charge on any atom is 0.191 e. The molecule has 0 radical (unpaired) electrons. The molecule has 1 fully saturated rings. The van der Waals surface area contributed by atoms with Gasteiger partial charge in [0.2, 0.25) is 0 Å². The third-order valence-corrected chi connectivity index (χ3v) is 5.43. The Morgan fingerprint density at radius 1 is 1.14 bits per heavy atom. The number of nitrogens with zero attached hydrogens (tertiary/aromatic N) is 1. The van der Waals surface area contributed by atoms with E-state index in [0.29, 0.717) is 4.75 Å². The first-order valence-electron chi connectivity index (χ1n) is 8.42. The first-order chi connectivity index (χ1) is 10.3. The molecule has 0 unspecified atom stereocenters. The van der Waals surface area contributed by atoms with Gasteiger partial charge in [0.1, 0.15) is 0 Å².